The summed E-state index contributed by atoms with van der Waals surface area (Å²) < 4.78 is 0. The van der Waals surface area contributed by atoms with Gasteiger partial charge in [0.1, 0.15) is 0 Å². The molecule has 0 aromatic heterocycles. The highest BCUT2D eigenvalue weighted by Gasteiger charge is 2.38. The smallest absolute Gasteiger partial charge is 0.171 e. The van der Waals surface area contributed by atoms with Crippen molar-refractivity contribution in [3.8, 4) is 0 Å². The van der Waals surface area contributed by atoms with E-state index in [1.54, 1.807) is 0 Å². The first kappa shape index (κ1) is 16.2. The Kier molecular flexibility index (Phi) is 4.30. The lowest BCUT2D eigenvalue weighted by atomic mass is 9.83. The predicted octanol–water partition coefficient (Wildman–Crippen LogP) is 2.32. The van der Waals surface area contributed by atoms with Crippen LogP contribution in [0.1, 0.15) is 32.3 Å². The number of benzene rings is 1. The SMILES string of the molecule is CN1/C(=C\C(=O)CN2CCC(O)CC2)C(C)(C)c2ccccc21. The molecule has 0 saturated carbocycles. The van der Waals surface area contributed by atoms with Gasteiger partial charge in [0.2, 0.25) is 0 Å². The normalized spacial score (nSPS) is 23.3. The Balaban J connectivity index is 1.76. The third kappa shape index (κ3) is 3.06. The summed E-state index contributed by atoms with van der Waals surface area (Å²) in [6.07, 6.45) is 3.14. The van der Waals surface area contributed by atoms with Crippen LogP contribution in [0.3, 0.4) is 0 Å². The molecule has 2 heterocycles. The number of para-hydroxylation sites is 1. The maximum Gasteiger partial charge on any atom is 0.171 e. The number of fused-ring (bicyclic) bond motifs is 1. The predicted molar refractivity (Wildman–Crippen MR) is 92.6 cm³/mol. The van der Waals surface area contributed by atoms with Gasteiger partial charge in [-0.05, 0) is 24.5 Å². The van der Waals surface area contributed by atoms with Crippen molar-refractivity contribution in [1.29, 1.82) is 0 Å². The van der Waals surface area contributed by atoms with E-state index in [1.807, 2.05) is 19.2 Å². The van der Waals surface area contributed by atoms with E-state index < -0.39 is 0 Å². The fourth-order valence-electron chi connectivity index (χ4n) is 3.75. The Morgan fingerprint density at radius 2 is 1.96 bits per heavy atom. The van der Waals surface area contributed by atoms with Gasteiger partial charge in [-0.3, -0.25) is 9.69 Å². The van der Waals surface area contributed by atoms with Crippen LogP contribution in [-0.4, -0.2) is 48.6 Å². The minimum absolute atomic E-state index is 0.143. The van der Waals surface area contributed by atoms with Gasteiger partial charge in [-0.15, -0.1) is 0 Å². The lowest BCUT2D eigenvalue weighted by molar-refractivity contribution is -0.116. The van der Waals surface area contributed by atoms with Gasteiger partial charge >= 0.3 is 0 Å². The maximum absolute atomic E-state index is 12.5. The molecule has 0 bridgehead atoms. The number of aliphatic hydroxyl groups excluding tert-OH is 1. The number of rotatable bonds is 3. The Labute approximate surface area is 138 Å². The minimum atomic E-state index is -0.200. The van der Waals surface area contributed by atoms with Gasteiger partial charge in [-0.2, -0.15) is 0 Å². The van der Waals surface area contributed by atoms with E-state index in [2.05, 4.69) is 41.8 Å². The summed E-state index contributed by atoms with van der Waals surface area (Å²) in [5.41, 5.74) is 3.35. The summed E-state index contributed by atoms with van der Waals surface area (Å²) in [5.74, 6) is 0.143. The lowest BCUT2D eigenvalue weighted by Gasteiger charge is -2.29. The zero-order valence-corrected chi connectivity index (χ0v) is 14.2. The van der Waals surface area contributed by atoms with Crippen LogP contribution in [0.15, 0.2) is 36.0 Å². The second-order valence-electron chi connectivity index (χ2n) is 7.20. The third-order valence-corrected chi connectivity index (χ3v) is 5.17. The van der Waals surface area contributed by atoms with E-state index >= 15 is 0 Å². The number of hydrogen-bond acceptors (Lipinski definition) is 4. The topological polar surface area (TPSA) is 43.8 Å². The van der Waals surface area contributed by atoms with E-state index in [1.165, 1.54) is 11.3 Å². The summed E-state index contributed by atoms with van der Waals surface area (Å²) >= 11 is 0. The Morgan fingerprint density at radius 3 is 2.61 bits per heavy atom. The van der Waals surface area contributed by atoms with Crippen molar-refractivity contribution in [3.05, 3.63) is 41.6 Å². The summed E-state index contributed by atoms with van der Waals surface area (Å²) in [6, 6.07) is 8.34. The fraction of sp³-hybridized carbons (Fsp3) is 0.526. The second kappa shape index (κ2) is 6.10. The Hall–Kier alpha value is -1.65. The molecule has 0 spiro atoms. The van der Waals surface area contributed by atoms with Crippen molar-refractivity contribution in [3.63, 3.8) is 0 Å². The third-order valence-electron chi connectivity index (χ3n) is 5.17. The van der Waals surface area contributed by atoms with Gasteiger partial charge < -0.3 is 10.0 Å². The second-order valence-corrected chi connectivity index (χ2v) is 7.20. The monoisotopic (exact) mass is 314 g/mol. The molecular formula is C19H26N2O2. The molecule has 124 valence electrons. The van der Waals surface area contributed by atoms with Crippen LogP contribution in [0.2, 0.25) is 0 Å². The molecule has 23 heavy (non-hydrogen) atoms. The number of likely N-dealkylation sites (tertiary alicyclic amines) is 1. The zero-order valence-electron chi connectivity index (χ0n) is 14.2. The van der Waals surface area contributed by atoms with Gasteiger partial charge in [0.15, 0.2) is 5.78 Å². The van der Waals surface area contributed by atoms with Gasteiger partial charge in [0.25, 0.3) is 0 Å². The maximum atomic E-state index is 12.5. The number of ketones is 1. The molecule has 0 aliphatic carbocycles. The van der Waals surface area contributed by atoms with Crippen molar-refractivity contribution in [2.24, 2.45) is 0 Å². The summed E-state index contributed by atoms with van der Waals surface area (Å²) in [5, 5.41) is 9.56. The van der Waals surface area contributed by atoms with Crippen LogP contribution in [0.25, 0.3) is 0 Å². The number of nitrogens with zero attached hydrogens (tertiary/aromatic N) is 2. The number of aliphatic hydroxyl groups is 1. The molecule has 1 saturated heterocycles. The number of anilines is 1. The molecule has 2 aliphatic rings. The molecule has 2 aliphatic heterocycles. The largest absolute Gasteiger partial charge is 0.393 e. The summed E-state index contributed by atoms with van der Waals surface area (Å²) in [7, 11) is 2.03. The minimum Gasteiger partial charge on any atom is -0.393 e. The first-order valence-corrected chi connectivity index (χ1v) is 8.38. The van der Waals surface area contributed by atoms with Crippen molar-refractivity contribution in [1.82, 2.24) is 4.90 Å². The van der Waals surface area contributed by atoms with E-state index in [0.717, 1.165) is 31.6 Å². The first-order chi connectivity index (χ1) is 10.9. The van der Waals surface area contributed by atoms with E-state index in [0.29, 0.717) is 6.54 Å². The van der Waals surface area contributed by atoms with Crippen molar-refractivity contribution in [2.45, 2.75) is 38.2 Å². The Morgan fingerprint density at radius 1 is 1.30 bits per heavy atom. The van der Waals surface area contributed by atoms with E-state index in [-0.39, 0.29) is 17.3 Å². The average Bonchev–Trinajstić information content (AvgIpc) is 2.71. The van der Waals surface area contributed by atoms with Crippen LogP contribution in [-0.2, 0) is 10.2 Å². The van der Waals surface area contributed by atoms with Crippen molar-refractivity contribution in [2.75, 3.05) is 31.6 Å². The average molecular weight is 314 g/mol. The van der Waals surface area contributed by atoms with Gasteiger partial charge in [-0.25, -0.2) is 0 Å². The zero-order chi connectivity index (χ0) is 16.6. The molecule has 0 amide bonds. The molecule has 4 nitrogen and oxygen atoms in total. The molecule has 1 N–H and O–H groups in total. The number of carbonyl (C=O) groups is 1. The summed E-state index contributed by atoms with van der Waals surface area (Å²) in [6.45, 7) is 6.39. The first-order valence-electron chi connectivity index (χ1n) is 8.38. The fourth-order valence-corrected chi connectivity index (χ4v) is 3.75. The summed E-state index contributed by atoms with van der Waals surface area (Å²) in [4.78, 5) is 16.8. The standard InChI is InChI=1S/C19H26N2O2/c1-19(2)16-6-4-5-7-17(16)20(3)18(19)12-15(23)13-21-10-8-14(22)9-11-21/h4-7,12,14,22H,8-11,13H2,1-3H3/b18-12-. The van der Waals surface area contributed by atoms with Crippen LogP contribution < -0.4 is 4.90 Å². The lowest BCUT2D eigenvalue weighted by Crippen LogP contribution is -2.39. The molecule has 0 unspecified atom stereocenters. The number of allylic oxidation sites excluding steroid dienone is 1. The van der Waals surface area contributed by atoms with Crippen LogP contribution in [0.5, 0.6) is 0 Å². The number of piperidine rings is 1. The van der Waals surface area contributed by atoms with E-state index in [9.17, 15) is 9.90 Å². The van der Waals surface area contributed by atoms with Gasteiger partial charge in [-0.1, -0.05) is 32.0 Å². The van der Waals surface area contributed by atoms with Gasteiger partial charge in [0.05, 0.1) is 12.6 Å². The number of likely N-dealkylation sites (N-methyl/N-ethyl adjacent to an activating group) is 1. The molecule has 0 radical (unpaired) electrons. The number of carbonyl (C=O) groups excluding carboxylic acids is 1. The molecule has 1 aromatic carbocycles. The molecule has 3 rings (SSSR count). The molecule has 4 heteroatoms. The van der Waals surface area contributed by atoms with Crippen molar-refractivity contribution >= 4 is 11.5 Å². The Bertz CT molecular complexity index is 628. The number of hydrogen-bond donors (Lipinski definition) is 1. The quantitative estimate of drug-likeness (QED) is 0.870. The van der Waals surface area contributed by atoms with Crippen molar-refractivity contribution < 1.29 is 9.90 Å². The van der Waals surface area contributed by atoms with Crippen LogP contribution in [0, 0.1) is 0 Å². The van der Waals surface area contributed by atoms with Crippen LogP contribution >= 0.6 is 0 Å². The van der Waals surface area contributed by atoms with E-state index in [4.69, 9.17) is 0 Å². The molecule has 1 fully saturated rings. The highest BCUT2D eigenvalue weighted by atomic mass is 16.3. The van der Waals surface area contributed by atoms with Gasteiger partial charge in [0, 0.05) is 43.0 Å². The molecule has 0 atom stereocenters. The highest BCUT2D eigenvalue weighted by Crippen LogP contribution is 2.46. The molecule has 1 aromatic rings. The van der Waals surface area contributed by atoms with Crippen LogP contribution in [0.4, 0.5) is 5.69 Å². The highest BCUT2D eigenvalue weighted by molar-refractivity contribution is 5.94. The molecular weight excluding hydrogens is 288 g/mol.